The summed E-state index contributed by atoms with van der Waals surface area (Å²) in [6.07, 6.45) is 0. The second-order valence-corrected chi connectivity index (χ2v) is 8.70. The smallest absolute Gasteiger partial charge is 0.303 e. The number of methoxy groups -OCH3 is 1. The Hall–Kier alpha value is -4.50. The Bertz CT molecular complexity index is 1480. The molecule has 2 aliphatic heterocycles. The molecular formula is C26H19N5O3S. The number of amides is 1. The van der Waals surface area contributed by atoms with Crippen LogP contribution in [0.4, 0.5) is 10.8 Å². The van der Waals surface area contributed by atoms with Crippen molar-refractivity contribution < 1.29 is 14.3 Å². The quantitative estimate of drug-likeness (QED) is 0.395. The maximum absolute atomic E-state index is 13.4. The predicted octanol–water partition coefficient (Wildman–Crippen LogP) is 4.93. The summed E-state index contributed by atoms with van der Waals surface area (Å²) in [6.45, 7) is 0.575. The topological polar surface area (TPSA) is 88.4 Å². The van der Waals surface area contributed by atoms with Crippen molar-refractivity contribution in [3.05, 3.63) is 89.3 Å². The molecule has 0 bridgehead atoms. The monoisotopic (exact) mass is 481 g/mol. The first-order valence-electron chi connectivity index (χ1n) is 10.9. The maximum Gasteiger partial charge on any atom is 0.303 e. The maximum atomic E-state index is 13.4. The summed E-state index contributed by atoms with van der Waals surface area (Å²) in [4.78, 5) is 18.1. The number of hydrogen-bond acceptors (Lipinski definition) is 8. The third-order valence-corrected chi connectivity index (χ3v) is 6.48. The Morgan fingerprint density at radius 3 is 2.60 bits per heavy atom. The van der Waals surface area contributed by atoms with Crippen LogP contribution in [0.2, 0.25) is 0 Å². The molecule has 1 aromatic heterocycles. The van der Waals surface area contributed by atoms with Crippen LogP contribution in [0.3, 0.4) is 0 Å². The van der Waals surface area contributed by atoms with Gasteiger partial charge in [0.05, 0.1) is 18.5 Å². The van der Waals surface area contributed by atoms with Crippen molar-refractivity contribution in [3.63, 3.8) is 0 Å². The van der Waals surface area contributed by atoms with E-state index in [1.54, 1.807) is 7.11 Å². The van der Waals surface area contributed by atoms with Crippen molar-refractivity contribution in [1.82, 2.24) is 4.98 Å². The molecule has 1 N–H and O–H groups in total. The van der Waals surface area contributed by atoms with E-state index in [0.29, 0.717) is 17.5 Å². The molecule has 6 rings (SSSR count). The number of anilines is 2. The first-order valence-corrected chi connectivity index (χ1v) is 11.8. The fraction of sp³-hybridized carbons (Fsp3) is 0.0769. The van der Waals surface area contributed by atoms with E-state index in [1.807, 2.05) is 78.2 Å². The lowest BCUT2D eigenvalue weighted by Crippen LogP contribution is -2.28. The SMILES string of the molecule is COc1ccc(-c2csc(N3N=C(c4ccccc4)/C(=N\Nc4ccc5c(c4)CO5)C3=O)n2)cc1. The summed E-state index contributed by atoms with van der Waals surface area (Å²) in [5.74, 6) is 1.29. The van der Waals surface area contributed by atoms with Gasteiger partial charge in [-0.25, -0.2) is 4.98 Å². The number of fused-ring (bicyclic) bond motifs is 1. The Morgan fingerprint density at radius 1 is 1.06 bits per heavy atom. The summed E-state index contributed by atoms with van der Waals surface area (Å²) in [5, 5.41) is 12.8. The van der Waals surface area contributed by atoms with E-state index in [9.17, 15) is 4.79 Å². The van der Waals surface area contributed by atoms with Gasteiger partial charge in [-0.3, -0.25) is 10.2 Å². The fourth-order valence-corrected chi connectivity index (χ4v) is 4.55. The van der Waals surface area contributed by atoms with Gasteiger partial charge in [-0.15, -0.1) is 11.3 Å². The van der Waals surface area contributed by atoms with Gasteiger partial charge in [0, 0.05) is 22.1 Å². The number of hydrogen-bond donors (Lipinski definition) is 1. The molecule has 0 saturated carbocycles. The zero-order valence-electron chi connectivity index (χ0n) is 18.6. The van der Waals surface area contributed by atoms with E-state index < -0.39 is 0 Å². The Labute approximate surface area is 205 Å². The minimum atomic E-state index is -0.348. The van der Waals surface area contributed by atoms with E-state index in [4.69, 9.17) is 9.47 Å². The zero-order chi connectivity index (χ0) is 23.8. The lowest BCUT2D eigenvalue weighted by Gasteiger charge is -2.20. The summed E-state index contributed by atoms with van der Waals surface area (Å²) in [7, 11) is 1.63. The molecule has 172 valence electrons. The minimum absolute atomic E-state index is 0.219. The number of nitrogens with one attached hydrogen (secondary N) is 1. The Kier molecular flexibility index (Phi) is 5.23. The van der Waals surface area contributed by atoms with Crippen molar-refractivity contribution in [2.75, 3.05) is 17.5 Å². The average molecular weight is 482 g/mol. The number of carbonyl (C=O) groups is 1. The second-order valence-electron chi connectivity index (χ2n) is 7.86. The van der Waals surface area contributed by atoms with Gasteiger partial charge < -0.3 is 9.47 Å². The molecule has 3 aromatic carbocycles. The number of thiazole rings is 1. The van der Waals surface area contributed by atoms with Gasteiger partial charge in [0.1, 0.15) is 23.8 Å². The highest BCUT2D eigenvalue weighted by Crippen LogP contribution is 2.32. The van der Waals surface area contributed by atoms with Crippen LogP contribution in [0.1, 0.15) is 11.1 Å². The summed E-state index contributed by atoms with van der Waals surface area (Å²) < 4.78 is 10.6. The van der Waals surface area contributed by atoms with Gasteiger partial charge in [0.25, 0.3) is 0 Å². The molecule has 8 nitrogen and oxygen atoms in total. The average Bonchev–Trinajstić information content (AvgIpc) is 3.49. The van der Waals surface area contributed by atoms with Crippen molar-refractivity contribution in [2.45, 2.75) is 6.61 Å². The standard InChI is InChI=1S/C26H19N5O3S/c1-33-20-10-7-16(8-11-20)21-15-35-26(27-21)31-25(32)24(23(30-31)17-5-3-2-4-6-17)29-28-19-9-12-22-18(13-19)14-34-22/h2-13,15,28H,14H2,1H3/b29-24+. The number of carbonyl (C=O) groups excluding carboxylic acids is 1. The molecule has 0 saturated heterocycles. The Morgan fingerprint density at radius 2 is 1.89 bits per heavy atom. The molecule has 0 spiro atoms. The van der Waals surface area contributed by atoms with Crippen molar-refractivity contribution in [3.8, 4) is 22.8 Å². The van der Waals surface area contributed by atoms with Crippen LogP contribution < -0.4 is 19.9 Å². The van der Waals surface area contributed by atoms with E-state index >= 15 is 0 Å². The number of ether oxygens (including phenoxy) is 2. The number of aromatic nitrogens is 1. The van der Waals surface area contributed by atoms with Crippen molar-refractivity contribution in [1.29, 1.82) is 0 Å². The summed E-state index contributed by atoms with van der Waals surface area (Å²) in [6, 6.07) is 22.8. The highest BCUT2D eigenvalue weighted by Gasteiger charge is 2.35. The molecule has 35 heavy (non-hydrogen) atoms. The molecule has 2 aliphatic rings. The van der Waals surface area contributed by atoms with Crippen LogP contribution in [-0.2, 0) is 11.4 Å². The van der Waals surface area contributed by atoms with Gasteiger partial charge in [-0.05, 0) is 42.5 Å². The highest BCUT2D eigenvalue weighted by atomic mass is 32.1. The fourth-order valence-electron chi connectivity index (χ4n) is 3.77. The number of nitrogens with zero attached hydrogens (tertiary/aromatic N) is 4. The normalized spacial score (nSPS) is 15.3. The molecule has 0 radical (unpaired) electrons. The minimum Gasteiger partial charge on any atom is -0.497 e. The first-order chi connectivity index (χ1) is 17.2. The van der Waals surface area contributed by atoms with Gasteiger partial charge in [-0.1, -0.05) is 30.3 Å². The Balaban J connectivity index is 1.32. The molecule has 1 amide bonds. The molecule has 0 aliphatic carbocycles. The molecule has 0 unspecified atom stereocenters. The van der Waals surface area contributed by atoms with E-state index in [0.717, 1.165) is 39.6 Å². The number of rotatable bonds is 6. The molecular weight excluding hydrogens is 462 g/mol. The first kappa shape index (κ1) is 21.1. The van der Waals surface area contributed by atoms with E-state index in [2.05, 4.69) is 20.6 Å². The third kappa shape index (κ3) is 3.91. The highest BCUT2D eigenvalue weighted by molar-refractivity contribution is 7.14. The van der Waals surface area contributed by atoms with Crippen molar-refractivity contribution >= 4 is 39.5 Å². The van der Waals surface area contributed by atoms with E-state index in [1.165, 1.54) is 16.3 Å². The number of benzene rings is 3. The third-order valence-electron chi connectivity index (χ3n) is 5.67. The van der Waals surface area contributed by atoms with Gasteiger partial charge in [0.2, 0.25) is 5.13 Å². The van der Waals surface area contributed by atoms with Gasteiger partial charge in [-0.2, -0.15) is 15.2 Å². The molecule has 9 heteroatoms. The van der Waals surface area contributed by atoms with Crippen molar-refractivity contribution in [2.24, 2.45) is 10.2 Å². The summed E-state index contributed by atoms with van der Waals surface area (Å²) >= 11 is 1.35. The summed E-state index contributed by atoms with van der Waals surface area (Å²) in [5.41, 5.74) is 8.05. The molecule has 0 atom stereocenters. The predicted molar refractivity (Wildman–Crippen MR) is 136 cm³/mol. The van der Waals surface area contributed by atoms with Gasteiger partial charge in [0.15, 0.2) is 5.71 Å². The van der Waals surface area contributed by atoms with E-state index in [-0.39, 0.29) is 11.6 Å². The zero-order valence-corrected chi connectivity index (χ0v) is 19.5. The van der Waals surface area contributed by atoms with Crippen LogP contribution in [0.25, 0.3) is 11.3 Å². The van der Waals surface area contributed by atoms with Crippen LogP contribution >= 0.6 is 11.3 Å². The largest absolute Gasteiger partial charge is 0.497 e. The molecule has 4 aromatic rings. The van der Waals surface area contributed by atoms with Crippen LogP contribution in [0.15, 0.2) is 88.4 Å². The van der Waals surface area contributed by atoms with Crippen LogP contribution in [0, 0.1) is 0 Å². The van der Waals surface area contributed by atoms with Crippen LogP contribution in [0.5, 0.6) is 11.5 Å². The lowest BCUT2D eigenvalue weighted by atomic mass is 10.1. The second kappa shape index (κ2) is 8.69. The lowest BCUT2D eigenvalue weighted by molar-refractivity contribution is -0.112. The molecule has 3 heterocycles. The number of hydrazone groups is 2. The molecule has 0 fully saturated rings. The van der Waals surface area contributed by atoms with Crippen LogP contribution in [-0.4, -0.2) is 29.4 Å². The van der Waals surface area contributed by atoms with Gasteiger partial charge >= 0.3 is 5.91 Å².